The summed E-state index contributed by atoms with van der Waals surface area (Å²) < 4.78 is 0. The largest absolute Gasteiger partial charge is 0.376 e. The number of carbonyl (C=O) groups excluding carboxylic acids is 2. The minimum absolute atomic E-state index is 0.300. The van der Waals surface area contributed by atoms with Crippen LogP contribution in [0.1, 0.15) is 13.8 Å². The molecule has 0 radical (unpaired) electrons. The molecule has 3 N–H and O–H groups in total. The Labute approximate surface area is 82.5 Å². The SMILES string of the molecule is C=C(C)C(=O)NC=C(C)C(=O)NCO. The number of rotatable bonds is 4. The van der Waals surface area contributed by atoms with E-state index in [9.17, 15) is 9.59 Å². The zero-order valence-corrected chi connectivity index (χ0v) is 8.26. The smallest absolute Gasteiger partial charge is 0.250 e. The lowest BCUT2D eigenvalue weighted by Crippen LogP contribution is -2.26. The van der Waals surface area contributed by atoms with Crippen molar-refractivity contribution in [2.24, 2.45) is 0 Å². The van der Waals surface area contributed by atoms with Crippen molar-refractivity contribution in [1.82, 2.24) is 10.6 Å². The van der Waals surface area contributed by atoms with E-state index in [2.05, 4.69) is 17.2 Å². The van der Waals surface area contributed by atoms with Crippen LogP contribution in [0.5, 0.6) is 0 Å². The van der Waals surface area contributed by atoms with E-state index in [1.54, 1.807) is 6.92 Å². The van der Waals surface area contributed by atoms with Crippen LogP contribution in [-0.4, -0.2) is 23.7 Å². The van der Waals surface area contributed by atoms with E-state index >= 15 is 0 Å². The van der Waals surface area contributed by atoms with E-state index in [1.165, 1.54) is 13.1 Å². The molecule has 78 valence electrons. The molecule has 0 saturated carbocycles. The number of hydrogen-bond donors (Lipinski definition) is 3. The fourth-order valence-electron chi connectivity index (χ4n) is 0.574. The van der Waals surface area contributed by atoms with E-state index in [1.807, 2.05) is 0 Å². The van der Waals surface area contributed by atoms with Gasteiger partial charge in [-0.05, 0) is 13.8 Å². The molecule has 0 atom stereocenters. The molecule has 5 nitrogen and oxygen atoms in total. The normalized spacial score (nSPS) is 10.6. The second-order valence-corrected chi connectivity index (χ2v) is 2.75. The van der Waals surface area contributed by atoms with Gasteiger partial charge in [0.05, 0.1) is 0 Å². The number of nitrogens with one attached hydrogen (secondary N) is 2. The highest BCUT2D eigenvalue weighted by atomic mass is 16.3. The van der Waals surface area contributed by atoms with Gasteiger partial charge in [0, 0.05) is 17.3 Å². The molecule has 0 spiro atoms. The van der Waals surface area contributed by atoms with E-state index in [0.29, 0.717) is 11.1 Å². The molecule has 0 aliphatic carbocycles. The van der Waals surface area contributed by atoms with Crippen molar-refractivity contribution >= 4 is 11.8 Å². The number of hydrogen-bond acceptors (Lipinski definition) is 3. The second kappa shape index (κ2) is 5.93. The standard InChI is InChI=1S/C9H14N2O3/c1-6(2)8(13)10-4-7(3)9(14)11-5-12/h4,12H,1,5H2,2-3H3,(H,10,13)(H,11,14). The second-order valence-electron chi connectivity index (χ2n) is 2.75. The topological polar surface area (TPSA) is 78.4 Å². The van der Waals surface area contributed by atoms with Gasteiger partial charge in [-0.15, -0.1) is 0 Å². The predicted octanol–water partition coefficient (Wildman–Crippen LogP) is -0.352. The van der Waals surface area contributed by atoms with E-state index in [4.69, 9.17) is 5.11 Å². The van der Waals surface area contributed by atoms with Crippen LogP contribution in [0.15, 0.2) is 23.9 Å². The molecule has 0 aromatic carbocycles. The van der Waals surface area contributed by atoms with E-state index in [-0.39, 0.29) is 5.91 Å². The third-order valence-corrected chi connectivity index (χ3v) is 1.41. The Morgan fingerprint density at radius 1 is 1.36 bits per heavy atom. The molecule has 14 heavy (non-hydrogen) atoms. The van der Waals surface area contributed by atoms with Crippen LogP contribution >= 0.6 is 0 Å². The summed E-state index contributed by atoms with van der Waals surface area (Å²) in [5.41, 5.74) is 0.658. The molecular formula is C9H14N2O3. The van der Waals surface area contributed by atoms with Gasteiger partial charge >= 0.3 is 0 Å². The highest BCUT2D eigenvalue weighted by Crippen LogP contribution is 1.91. The molecule has 0 saturated heterocycles. The summed E-state index contributed by atoms with van der Waals surface area (Å²) in [6, 6.07) is 0. The monoisotopic (exact) mass is 198 g/mol. The number of aliphatic hydroxyl groups is 1. The first kappa shape index (κ1) is 12.4. The van der Waals surface area contributed by atoms with Gasteiger partial charge in [0.25, 0.3) is 0 Å². The Morgan fingerprint density at radius 3 is 2.36 bits per heavy atom. The summed E-state index contributed by atoms with van der Waals surface area (Å²) >= 11 is 0. The summed E-state index contributed by atoms with van der Waals surface area (Å²) in [7, 11) is 0. The predicted molar refractivity (Wildman–Crippen MR) is 51.9 cm³/mol. The molecule has 0 rings (SSSR count). The molecule has 0 aliphatic heterocycles. The van der Waals surface area contributed by atoms with Gasteiger partial charge in [0.15, 0.2) is 0 Å². The maximum atomic E-state index is 11.0. The van der Waals surface area contributed by atoms with Crippen molar-refractivity contribution in [2.75, 3.05) is 6.73 Å². The van der Waals surface area contributed by atoms with Crippen LogP contribution in [-0.2, 0) is 9.59 Å². The van der Waals surface area contributed by atoms with Crippen molar-refractivity contribution in [2.45, 2.75) is 13.8 Å². The fourth-order valence-corrected chi connectivity index (χ4v) is 0.574. The van der Waals surface area contributed by atoms with Crippen molar-refractivity contribution in [3.05, 3.63) is 23.9 Å². The lowest BCUT2D eigenvalue weighted by atomic mass is 10.3. The zero-order chi connectivity index (χ0) is 11.1. The average molecular weight is 198 g/mol. The number of aliphatic hydroxyl groups excluding tert-OH is 1. The lowest BCUT2D eigenvalue weighted by Gasteiger charge is -2.02. The number of carbonyl (C=O) groups is 2. The van der Waals surface area contributed by atoms with Gasteiger partial charge in [-0.25, -0.2) is 0 Å². The summed E-state index contributed by atoms with van der Waals surface area (Å²) in [6.45, 7) is 6.08. The molecule has 0 aromatic heterocycles. The van der Waals surface area contributed by atoms with Crippen molar-refractivity contribution < 1.29 is 14.7 Å². The van der Waals surface area contributed by atoms with Crippen molar-refractivity contribution in [3.63, 3.8) is 0 Å². The lowest BCUT2D eigenvalue weighted by molar-refractivity contribution is -0.118. The molecule has 0 fully saturated rings. The third-order valence-electron chi connectivity index (χ3n) is 1.41. The fraction of sp³-hybridized carbons (Fsp3) is 0.333. The Balaban J connectivity index is 4.18. The van der Waals surface area contributed by atoms with Crippen molar-refractivity contribution in [3.8, 4) is 0 Å². The summed E-state index contributed by atoms with van der Waals surface area (Å²) in [6.07, 6.45) is 1.27. The van der Waals surface area contributed by atoms with Crippen LogP contribution in [0.2, 0.25) is 0 Å². The first-order chi connectivity index (χ1) is 6.49. The molecule has 2 amide bonds. The molecule has 0 unspecified atom stereocenters. The first-order valence-electron chi connectivity index (χ1n) is 4.01. The van der Waals surface area contributed by atoms with Crippen LogP contribution in [0.4, 0.5) is 0 Å². The molecule has 0 heterocycles. The van der Waals surface area contributed by atoms with Crippen LogP contribution < -0.4 is 10.6 Å². The molecule has 0 aliphatic rings. The third kappa shape index (κ3) is 4.42. The summed E-state index contributed by atoms with van der Waals surface area (Å²) in [4.78, 5) is 22.0. The van der Waals surface area contributed by atoms with E-state index in [0.717, 1.165) is 0 Å². The van der Waals surface area contributed by atoms with Crippen LogP contribution in [0, 0.1) is 0 Å². The van der Waals surface area contributed by atoms with Crippen molar-refractivity contribution in [1.29, 1.82) is 0 Å². The Morgan fingerprint density at radius 2 is 1.93 bits per heavy atom. The first-order valence-corrected chi connectivity index (χ1v) is 4.01. The van der Waals surface area contributed by atoms with Gasteiger partial charge in [0.2, 0.25) is 11.8 Å². The Kier molecular flexibility index (Phi) is 5.24. The average Bonchev–Trinajstić information content (AvgIpc) is 2.13. The highest BCUT2D eigenvalue weighted by molar-refractivity contribution is 5.96. The molecule has 5 heteroatoms. The molecule has 0 bridgehead atoms. The maximum Gasteiger partial charge on any atom is 0.250 e. The van der Waals surface area contributed by atoms with E-state index < -0.39 is 12.6 Å². The highest BCUT2D eigenvalue weighted by Gasteiger charge is 2.03. The Bertz CT molecular complexity index is 282. The van der Waals surface area contributed by atoms with Gasteiger partial charge in [-0.1, -0.05) is 6.58 Å². The number of amides is 2. The molecule has 0 aromatic rings. The summed E-state index contributed by atoms with van der Waals surface area (Å²) in [5.74, 6) is -0.782. The zero-order valence-electron chi connectivity index (χ0n) is 8.26. The summed E-state index contributed by atoms with van der Waals surface area (Å²) in [5, 5.41) is 12.9. The van der Waals surface area contributed by atoms with Crippen LogP contribution in [0.3, 0.4) is 0 Å². The minimum atomic E-state index is -0.436. The van der Waals surface area contributed by atoms with Gasteiger partial charge in [-0.2, -0.15) is 0 Å². The maximum absolute atomic E-state index is 11.0. The van der Waals surface area contributed by atoms with Gasteiger partial charge < -0.3 is 15.7 Å². The van der Waals surface area contributed by atoms with Crippen LogP contribution in [0.25, 0.3) is 0 Å². The minimum Gasteiger partial charge on any atom is -0.376 e. The van der Waals surface area contributed by atoms with Gasteiger partial charge in [-0.3, -0.25) is 9.59 Å². The quantitative estimate of drug-likeness (QED) is 0.426. The van der Waals surface area contributed by atoms with Gasteiger partial charge in [0.1, 0.15) is 6.73 Å². The molecular weight excluding hydrogens is 184 g/mol. The Hall–Kier alpha value is -1.62.